The summed E-state index contributed by atoms with van der Waals surface area (Å²) in [6, 6.07) is 9.03. The van der Waals surface area contributed by atoms with Crippen LogP contribution in [0, 0.1) is 11.3 Å². The molecule has 4 nitrogen and oxygen atoms in total. The second kappa shape index (κ2) is 4.52. The zero-order chi connectivity index (χ0) is 12.4. The van der Waals surface area contributed by atoms with Gasteiger partial charge in [-0.1, -0.05) is 22.0 Å². The Morgan fingerprint density at radius 1 is 1.47 bits per heavy atom. The summed E-state index contributed by atoms with van der Waals surface area (Å²) in [5, 5.41) is 9.77. The Hall–Kier alpha value is -1.93. The minimum absolute atomic E-state index is 0.0422. The van der Waals surface area contributed by atoms with Crippen LogP contribution < -0.4 is 0 Å². The molecule has 0 aliphatic carbocycles. The Morgan fingerprint density at radius 2 is 2.24 bits per heavy atom. The third-order valence-corrected chi connectivity index (χ3v) is 2.77. The summed E-state index contributed by atoms with van der Waals surface area (Å²) < 4.78 is 5.45. The summed E-state index contributed by atoms with van der Waals surface area (Å²) >= 11 is 3.33. The predicted octanol–water partition coefficient (Wildman–Crippen LogP) is 2.66. The molecule has 0 atom stereocenters. The first-order valence-electron chi connectivity index (χ1n) is 4.74. The van der Waals surface area contributed by atoms with Crippen molar-refractivity contribution in [1.82, 2.24) is 4.98 Å². The second-order valence-electron chi connectivity index (χ2n) is 3.32. The molecule has 0 radical (unpaired) electrons. The maximum Gasteiger partial charge on any atom is 0.358 e. The van der Waals surface area contributed by atoms with E-state index in [2.05, 4.69) is 25.7 Å². The molecule has 17 heavy (non-hydrogen) atoms. The molecule has 2 rings (SSSR count). The second-order valence-corrected chi connectivity index (χ2v) is 4.24. The summed E-state index contributed by atoms with van der Waals surface area (Å²) in [5.41, 5.74) is 0.894. The van der Waals surface area contributed by atoms with E-state index in [1.54, 1.807) is 12.1 Å². The molecule has 0 aliphatic heterocycles. The summed E-state index contributed by atoms with van der Waals surface area (Å²) in [6.07, 6.45) is 0. The number of esters is 1. The zero-order valence-corrected chi connectivity index (χ0v) is 10.5. The van der Waals surface area contributed by atoms with Gasteiger partial charge in [0.15, 0.2) is 5.69 Å². The molecule has 0 unspecified atom stereocenters. The molecule has 5 heteroatoms. The zero-order valence-electron chi connectivity index (χ0n) is 8.90. The van der Waals surface area contributed by atoms with Crippen molar-refractivity contribution in [3.63, 3.8) is 0 Å². The van der Waals surface area contributed by atoms with E-state index in [1.165, 1.54) is 7.11 Å². The Morgan fingerprint density at radius 3 is 2.88 bits per heavy atom. The topological polar surface area (TPSA) is 63.0 Å². The standard InChI is InChI=1S/C12H7BrN2O2/c1-17-12(16)11-8(6-14)4-7-2-3-9(13)5-10(7)15-11/h2-5H,1H3. The van der Waals surface area contributed by atoms with E-state index >= 15 is 0 Å². The van der Waals surface area contributed by atoms with Gasteiger partial charge in [0.05, 0.1) is 18.2 Å². The van der Waals surface area contributed by atoms with Crippen LogP contribution in [0.15, 0.2) is 28.7 Å². The van der Waals surface area contributed by atoms with Crippen LogP contribution in [0.2, 0.25) is 0 Å². The molecule has 1 aromatic carbocycles. The fourth-order valence-electron chi connectivity index (χ4n) is 1.48. The number of rotatable bonds is 1. The van der Waals surface area contributed by atoms with E-state index in [4.69, 9.17) is 5.26 Å². The predicted molar refractivity (Wildman–Crippen MR) is 65.5 cm³/mol. The van der Waals surface area contributed by atoms with Gasteiger partial charge >= 0.3 is 5.97 Å². The Balaban J connectivity index is 2.75. The Kier molecular flexibility index (Phi) is 3.07. The van der Waals surface area contributed by atoms with Gasteiger partial charge in [0.2, 0.25) is 0 Å². The third-order valence-electron chi connectivity index (χ3n) is 2.28. The highest BCUT2D eigenvalue weighted by Gasteiger charge is 2.15. The molecular formula is C12H7BrN2O2. The average Bonchev–Trinajstić information content (AvgIpc) is 2.36. The molecular weight excluding hydrogens is 284 g/mol. The molecule has 1 heterocycles. The van der Waals surface area contributed by atoms with Gasteiger partial charge in [-0.25, -0.2) is 9.78 Å². The fourth-order valence-corrected chi connectivity index (χ4v) is 1.83. The van der Waals surface area contributed by atoms with Crippen LogP contribution in [0.1, 0.15) is 16.1 Å². The van der Waals surface area contributed by atoms with Crippen molar-refractivity contribution in [2.24, 2.45) is 0 Å². The molecule has 2 aromatic rings. The third kappa shape index (κ3) is 2.12. The largest absolute Gasteiger partial charge is 0.464 e. The summed E-state index contributed by atoms with van der Waals surface area (Å²) in [6.45, 7) is 0. The van der Waals surface area contributed by atoms with Gasteiger partial charge in [0.25, 0.3) is 0 Å². The molecule has 0 saturated heterocycles. The van der Waals surface area contributed by atoms with Crippen molar-refractivity contribution < 1.29 is 9.53 Å². The maximum absolute atomic E-state index is 11.5. The van der Waals surface area contributed by atoms with Crippen molar-refractivity contribution >= 4 is 32.8 Å². The molecule has 0 saturated carbocycles. The number of carbonyl (C=O) groups is 1. The summed E-state index contributed by atoms with van der Waals surface area (Å²) in [4.78, 5) is 15.6. The van der Waals surface area contributed by atoms with Gasteiger partial charge < -0.3 is 4.74 Å². The molecule has 0 bridgehead atoms. The van der Waals surface area contributed by atoms with Crippen molar-refractivity contribution in [2.45, 2.75) is 0 Å². The molecule has 0 spiro atoms. The van der Waals surface area contributed by atoms with Gasteiger partial charge in [-0.2, -0.15) is 5.26 Å². The van der Waals surface area contributed by atoms with Crippen LogP contribution in [0.5, 0.6) is 0 Å². The van der Waals surface area contributed by atoms with Gasteiger partial charge in [-0.3, -0.25) is 0 Å². The number of pyridine rings is 1. The molecule has 0 amide bonds. The molecule has 0 aliphatic rings. The lowest BCUT2D eigenvalue weighted by molar-refractivity contribution is 0.0594. The van der Waals surface area contributed by atoms with Crippen LogP contribution in [0.3, 0.4) is 0 Å². The Labute approximate surface area is 106 Å². The fraction of sp³-hybridized carbons (Fsp3) is 0.0833. The number of benzene rings is 1. The van der Waals surface area contributed by atoms with Gasteiger partial charge in [0, 0.05) is 9.86 Å². The average molecular weight is 291 g/mol. The number of nitrogens with zero attached hydrogens (tertiary/aromatic N) is 2. The maximum atomic E-state index is 11.5. The first kappa shape index (κ1) is 11.6. The van der Waals surface area contributed by atoms with Crippen LogP contribution in [-0.4, -0.2) is 18.1 Å². The van der Waals surface area contributed by atoms with Crippen LogP contribution in [-0.2, 0) is 4.74 Å². The molecule has 0 fully saturated rings. The number of carbonyl (C=O) groups excluding carboxylic acids is 1. The van der Waals surface area contributed by atoms with E-state index in [1.807, 2.05) is 18.2 Å². The molecule has 84 valence electrons. The number of hydrogen-bond donors (Lipinski definition) is 0. The van der Waals surface area contributed by atoms with Crippen LogP contribution in [0.4, 0.5) is 0 Å². The SMILES string of the molecule is COC(=O)c1nc2cc(Br)ccc2cc1C#N. The molecule has 1 aromatic heterocycles. The van der Waals surface area contributed by atoms with Gasteiger partial charge in [0.1, 0.15) is 6.07 Å². The van der Waals surface area contributed by atoms with Crippen molar-refractivity contribution in [3.8, 4) is 6.07 Å². The monoisotopic (exact) mass is 290 g/mol. The number of fused-ring (bicyclic) bond motifs is 1. The van der Waals surface area contributed by atoms with Gasteiger partial charge in [-0.05, 0) is 18.2 Å². The van der Waals surface area contributed by atoms with Crippen molar-refractivity contribution in [2.75, 3.05) is 7.11 Å². The smallest absolute Gasteiger partial charge is 0.358 e. The number of nitriles is 1. The van der Waals surface area contributed by atoms with Crippen LogP contribution in [0.25, 0.3) is 10.9 Å². The highest BCUT2D eigenvalue weighted by molar-refractivity contribution is 9.10. The number of aromatic nitrogens is 1. The quantitative estimate of drug-likeness (QED) is 0.758. The highest BCUT2D eigenvalue weighted by Crippen LogP contribution is 2.21. The van der Waals surface area contributed by atoms with E-state index in [9.17, 15) is 4.79 Å². The van der Waals surface area contributed by atoms with E-state index in [-0.39, 0.29) is 11.3 Å². The number of halogens is 1. The lowest BCUT2D eigenvalue weighted by atomic mass is 10.1. The molecule has 0 N–H and O–H groups in total. The van der Waals surface area contributed by atoms with Crippen molar-refractivity contribution in [1.29, 1.82) is 5.26 Å². The van der Waals surface area contributed by atoms with Crippen LogP contribution >= 0.6 is 15.9 Å². The number of hydrogen-bond acceptors (Lipinski definition) is 4. The van der Waals surface area contributed by atoms with E-state index < -0.39 is 5.97 Å². The number of methoxy groups -OCH3 is 1. The Bertz CT molecular complexity index is 647. The van der Waals surface area contributed by atoms with Gasteiger partial charge in [-0.15, -0.1) is 0 Å². The number of ether oxygens (including phenoxy) is 1. The van der Waals surface area contributed by atoms with Crippen molar-refractivity contribution in [3.05, 3.63) is 40.0 Å². The highest BCUT2D eigenvalue weighted by atomic mass is 79.9. The normalized spacial score (nSPS) is 9.94. The summed E-state index contributed by atoms with van der Waals surface area (Å²) in [5.74, 6) is -0.608. The lowest BCUT2D eigenvalue weighted by Crippen LogP contribution is -2.07. The minimum atomic E-state index is -0.608. The van der Waals surface area contributed by atoms with E-state index in [0.29, 0.717) is 5.52 Å². The lowest BCUT2D eigenvalue weighted by Gasteiger charge is -2.04. The summed E-state index contributed by atoms with van der Waals surface area (Å²) in [7, 11) is 1.26. The first-order chi connectivity index (χ1) is 8.15. The van der Waals surface area contributed by atoms with E-state index in [0.717, 1.165) is 9.86 Å². The first-order valence-corrected chi connectivity index (χ1v) is 5.53. The minimum Gasteiger partial charge on any atom is -0.464 e.